The van der Waals surface area contributed by atoms with Gasteiger partial charge < -0.3 is 14.2 Å². The van der Waals surface area contributed by atoms with Crippen LogP contribution in [0.15, 0.2) is 30.3 Å². The molecule has 0 saturated heterocycles. The Hall–Kier alpha value is -2.75. The summed E-state index contributed by atoms with van der Waals surface area (Å²) in [6.07, 6.45) is 1.74. The van der Waals surface area contributed by atoms with Crippen LogP contribution in [0.1, 0.15) is 10.6 Å². The summed E-state index contributed by atoms with van der Waals surface area (Å²) in [6, 6.07) is 11.3. The number of thiazole rings is 1. The summed E-state index contributed by atoms with van der Waals surface area (Å²) in [4.78, 5) is 4.52. The van der Waals surface area contributed by atoms with Gasteiger partial charge in [0.15, 0.2) is 11.5 Å². The second-order valence-electron chi connectivity index (χ2n) is 5.26. The van der Waals surface area contributed by atoms with Crippen LogP contribution >= 0.6 is 22.9 Å². The van der Waals surface area contributed by atoms with Crippen LogP contribution in [0.5, 0.6) is 17.2 Å². The van der Waals surface area contributed by atoms with Crippen molar-refractivity contribution in [3.8, 4) is 23.3 Å². The Morgan fingerprint density at radius 1 is 1.12 bits per heavy atom. The highest BCUT2D eigenvalue weighted by Crippen LogP contribution is 2.39. The molecule has 5 nitrogen and oxygen atoms in total. The van der Waals surface area contributed by atoms with Gasteiger partial charge in [-0.15, -0.1) is 11.3 Å². The van der Waals surface area contributed by atoms with E-state index in [-0.39, 0.29) is 0 Å². The minimum Gasteiger partial charge on any atom is -0.493 e. The van der Waals surface area contributed by atoms with Crippen LogP contribution in [0, 0.1) is 11.3 Å². The fraction of sp³-hybridized carbons (Fsp3) is 0.158. The summed E-state index contributed by atoms with van der Waals surface area (Å²) >= 11 is 7.45. The minimum absolute atomic E-state index is 0.441. The predicted molar refractivity (Wildman–Crippen MR) is 104 cm³/mol. The number of ether oxygens (including phenoxy) is 3. The van der Waals surface area contributed by atoms with Crippen molar-refractivity contribution in [2.75, 3.05) is 21.3 Å². The van der Waals surface area contributed by atoms with E-state index in [1.165, 1.54) is 11.3 Å². The molecule has 132 valence electrons. The van der Waals surface area contributed by atoms with E-state index in [0.29, 0.717) is 32.9 Å². The van der Waals surface area contributed by atoms with Crippen molar-refractivity contribution in [2.45, 2.75) is 0 Å². The van der Waals surface area contributed by atoms with Crippen LogP contribution in [-0.4, -0.2) is 26.3 Å². The van der Waals surface area contributed by atoms with E-state index in [0.717, 1.165) is 15.8 Å². The standard InChI is InChI=1S/C19H15ClN2O3S/c1-23-15-7-11(8-16(24-2)18(15)25-3)6-12(10-21)19-22-14-9-13(20)4-5-17(14)26-19/h4-9H,1-3H3. The van der Waals surface area contributed by atoms with E-state index in [1.807, 2.05) is 6.07 Å². The molecular formula is C19H15ClN2O3S. The zero-order valence-corrected chi connectivity index (χ0v) is 15.9. The first-order valence-electron chi connectivity index (χ1n) is 7.58. The molecule has 0 aliphatic carbocycles. The third kappa shape index (κ3) is 3.45. The highest BCUT2D eigenvalue weighted by atomic mass is 35.5. The van der Waals surface area contributed by atoms with Gasteiger partial charge in [0.1, 0.15) is 11.1 Å². The van der Waals surface area contributed by atoms with E-state index >= 15 is 0 Å². The normalized spacial score (nSPS) is 11.3. The van der Waals surface area contributed by atoms with Gasteiger partial charge in [-0.3, -0.25) is 0 Å². The second-order valence-corrected chi connectivity index (χ2v) is 6.73. The Kier molecular flexibility index (Phi) is 5.31. The number of aromatic nitrogens is 1. The van der Waals surface area contributed by atoms with Crippen molar-refractivity contribution in [1.29, 1.82) is 5.26 Å². The maximum atomic E-state index is 9.61. The number of halogens is 1. The third-order valence-corrected chi connectivity index (χ3v) is 5.00. The van der Waals surface area contributed by atoms with Crippen molar-refractivity contribution in [3.05, 3.63) is 45.9 Å². The van der Waals surface area contributed by atoms with Crippen molar-refractivity contribution in [3.63, 3.8) is 0 Å². The average molecular weight is 387 g/mol. The fourth-order valence-electron chi connectivity index (χ4n) is 2.51. The Labute approximate surface area is 160 Å². The van der Waals surface area contributed by atoms with Gasteiger partial charge in [0.05, 0.1) is 37.1 Å². The maximum absolute atomic E-state index is 9.61. The Bertz CT molecular complexity index is 1010. The molecule has 0 aliphatic heterocycles. The lowest BCUT2D eigenvalue weighted by Gasteiger charge is -2.12. The van der Waals surface area contributed by atoms with Gasteiger partial charge in [0.25, 0.3) is 0 Å². The molecule has 26 heavy (non-hydrogen) atoms. The molecule has 0 aliphatic rings. The predicted octanol–water partition coefficient (Wildman–Crippen LogP) is 5.04. The number of rotatable bonds is 5. The number of hydrogen-bond acceptors (Lipinski definition) is 6. The van der Waals surface area contributed by atoms with Gasteiger partial charge in [-0.1, -0.05) is 11.6 Å². The summed E-state index contributed by atoms with van der Waals surface area (Å²) in [5.74, 6) is 1.54. The van der Waals surface area contributed by atoms with Gasteiger partial charge in [-0.05, 0) is 42.0 Å². The molecule has 0 spiro atoms. The van der Waals surface area contributed by atoms with E-state index < -0.39 is 0 Å². The lowest BCUT2D eigenvalue weighted by molar-refractivity contribution is 0.324. The number of benzene rings is 2. The smallest absolute Gasteiger partial charge is 0.203 e. The highest BCUT2D eigenvalue weighted by Gasteiger charge is 2.14. The summed E-state index contributed by atoms with van der Waals surface area (Å²) in [5.41, 5.74) is 1.95. The van der Waals surface area contributed by atoms with Crippen LogP contribution < -0.4 is 14.2 Å². The molecule has 0 radical (unpaired) electrons. The van der Waals surface area contributed by atoms with Crippen molar-refractivity contribution in [2.24, 2.45) is 0 Å². The number of hydrogen-bond donors (Lipinski definition) is 0. The average Bonchev–Trinajstić information content (AvgIpc) is 3.07. The number of fused-ring (bicyclic) bond motifs is 1. The van der Waals surface area contributed by atoms with Crippen LogP contribution in [0.25, 0.3) is 21.9 Å². The van der Waals surface area contributed by atoms with Gasteiger partial charge >= 0.3 is 0 Å². The molecule has 0 N–H and O–H groups in total. The van der Waals surface area contributed by atoms with E-state index in [4.69, 9.17) is 25.8 Å². The first kappa shape index (κ1) is 18.1. The summed E-state index contributed by atoms with van der Waals surface area (Å²) in [7, 11) is 4.64. The lowest BCUT2D eigenvalue weighted by Crippen LogP contribution is -1.95. The topological polar surface area (TPSA) is 64.4 Å². The quantitative estimate of drug-likeness (QED) is 0.575. The number of nitrogens with zero attached hydrogens (tertiary/aromatic N) is 2. The molecular weight excluding hydrogens is 372 g/mol. The van der Waals surface area contributed by atoms with Gasteiger partial charge in [0.2, 0.25) is 5.75 Å². The van der Waals surface area contributed by atoms with Gasteiger partial charge in [-0.25, -0.2) is 4.98 Å². The van der Waals surface area contributed by atoms with E-state index in [2.05, 4.69) is 11.1 Å². The molecule has 0 unspecified atom stereocenters. The molecule has 3 aromatic rings. The SMILES string of the molecule is COc1cc(C=C(C#N)c2nc3cc(Cl)ccc3s2)cc(OC)c1OC. The largest absolute Gasteiger partial charge is 0.493 e. The summed E-state index contributed by atoms with van der Waals surface area (Å²) < 4.78 is 17.0. The molecule has 0 amide bonds. The lowest BCUT2D eigenvalue weighted by atomic mass is 10.1. The molecule has 1 heterocycles. The number of allylic oxidation sites excluding steroid dienone is 1. The minimum atomic E-state index is 0.441. The first-order chi connectivity index (χ1) is 12.6. The molecule has 3 rings (SSSR count). The highest BCUT2D eigenvalue weighted by molar-refractivity contribution is 7.19. The van der Waals surface area contributed by atoms with Crippen LogP contribution in [-0.2, 0) is 0 Å². The maximum Gasteiger partial charge on any atom is 0.203 e. The van der Waals surface area contributed by atoms with Crippen LogP contribution in [0.2, 0.25) is 5.02 Å². The summed E-state index contributed by atoms with van der Waals surface area (Å²) in [5, 5.41) is 10.8. The third-order valence-electron chi connectivity index (χ3n) is 3.70. The Balaban J connectivity index is 2.09. The van der Waals surface area contributed by atoms with Crippen LogP contribution in [0.3, 0.4) is 0 Å². The number of nitriles is 1. The molecule has 0 saturated carbocycles. The molecule has 0 atom stereocenters. The van der Waals surface area contributed by atoms with Gasteiger partial charge in [0, 0.05) is 5.02 Å². The molecule has 0 fully saturated rings. The second kappa shape index (κ2) is 7.65. The Morgan fingerprint density at radius 3 is 2.38 bits per heavy atom. The van der Waals surface area contributed by atoms with E-state index in [9.17, 15) is 5.26 Å². The van der Waals surface area contributed by atoms with Gasteiger partial charge in [-0.2, -0.15) is 5.26 Å². The number of methoxy groups -OCH3 is 3. The fourth-order valence-corrected chi connectivity index (χ4v) is 3.59. The van der Waals surface area contributed by atoms with Crippen LogP contribution in [0.4, 0.5) is 0 Å². The molecule has 2 aromatic carbocycles. The molecule has 7 heteroatoms. The van der Waals surface area contributed by atoms with Crippen molar-refractivity contribution in [1.82, 2.24) is 4.98 Å². The van der Waals surface area contributed by atoms with E-state index in [1.54, 1.807) is 51.7 Å². The van der Waals surface area contributed by atoms with Crippen molar-refractivity contribution >= 4 is 44.8 Å². The summed E-state index contributed by atoms with van der Waals surface area (Å²) in [6.45, 7) is 0. The zero-order valence-electron chi connectivity index (χ0n) is 14.4. The molecule has 1 aromatic heterocycles. The van der Waals surface area contributed by atoms with Crippen molar-refractivity contribution < 1.29 is 14.2 Å². The Morgan fingerprint density at radius 2 is 1.81 bits per heavy atom. The molecule has 0 bridgehead atoms. The zero-order chi connectivity index (χ0) is 18.7. The monoisotopic (exact) mass is 386 g/mol. The first-order valence-corrected chi connectivity index (χ1v) is 8.77.